The summed E-state index contributed by atoms with van der Waals surface area (Å²) < 4.78 is 11.5. The fourth-order valence-electron chi connectivity index (χ4n) is 6.90. The number of benzene rings is 2. The molecule has 2 aromatic carbocycles. The van der Waals surface area contributed by atoms with Crippen LogP contribution in [-0.4, -0.2) is 24.2 Å². The van der Waals surface area contributed by atoms with Crippen LogP contribution in [0.3, 0.4) is 0 Å². The maximum absolute atomic E-state index is 13.7. The Bertz CT molecular complexity index is 967. The van der Waals surface area contributed by atoms with E-state index in [0.29, 0.717) is 53.7 Å². The van der Waals surface area contributed by atoms with Crippen LogP contribution in [0.2, 0.25) is 0 Å². The number of hydrogen-bond acceptors (Lipinski definition) is 4. The van der Waals surface area contributed by atoms with Gasteiger partial charge in [-0.05, 0) is 67.9 Å². The van der Waals surface area contributed by atoms with E-state index in [9.17, 15) is 9.90 Å². The van der Waals surface area contributed by atoms with Gasteiger partial charge < -0.3 is 19.9 Å². The predicted octanol–water partition coefficient (Wildman–Crippen LogP) is 4.69. The first-order chi connectivity index (χ1) is 15.1. The summed E-state index contributed by atoms with van der Waals surface area (Å²) in [6, 6.07) is 13.2. The highest BCUT2D eigenvalue weighted by Gasteiger charge is 2.54. The van der Waals surface area contributed by atoms with Crippen molar-refractivity contribution in [2.24, 2.45) is 23.2 Å². The topological polar surface area (TPSA) is 67.8 Å². The van der Waals surface area contributed by atoms with E-state index in [2.05, 4.69) is 5.32 Å². The van der Waals surface area contributed by atoms with Gasteiger partial charge in [-0.3, -0.25) is 4.79 Å². The van der Waals surface area contributed by atoms with Gasteiger partial charge in [0.15, 0.2) is 11.5 Å². The van der Waals surface area contributed by atoms with Gasteiger partial charge in [0.1, 0.15) is 19.3 Å². The average Bonchev–Trinajstić information content (AvgIpc) is 2.78. The standard InChI is InChI=1S/C26H29NO4/c28-24(19-4-2-1-3-5-19)20-11-22-23(31-7-6-30-22)12-21(20)27-25(29)26-13-16-8-17(14-26)10-18(9-16)15-26/h1-5,11-12,16-18,24,28H,6-10,13-15H2,(H,27,29)/t16?,17?,18?,24-,26?/m1/s1. The van der Waals surface area contributed by atoms with Crippen LogP contribution in [0.15, 0.2) is 42.5 Å². The maximum atomic E-state index is 13.7. The van der Waals surface area contributed by atoms with Crippen molar-refractivity contribution < 1.29 is 19.4 Å². The zero-order valence-electron chi connectivity index (χ0n) is 17.7. The molecule has 5 nitrogen and oxygen atoms in total. The van der Waals surface area contributed by atoms with Crippen molar-refractivity contribution in [3.8, 4) is 11.5 Å². The number of carbonyl (C=O) groups excluding carboxylic acids is 1. The Balaban J connectivity index is 1.35. The molecule has 0 saturated heterocycles. The van der Waals surface area contributed by atoms with Crippen molar-refractivity contribution in [2.45, 2.75) is 44.6 Å². The van der Waals surface area contributed by atoms with Crippen molar-refractivity contribution in [1.82, 2.24) is 0 Å². The van der Waals surface area contributed by atoms with Crippen molar-refractivity contribution >= 4 is 11.6 Å². The van der Waals surface area contributed by atoms with Gasteiger partial charge in [0.2, 0.25) is 5.91 Å². The number of aliphatic hydroxyl groups is 1. The van der Waals surface area contributed by atoms with Gasteiger partial charge in [0.05, 0.1) is 11.1 Å². The summed E-state index contributed by atoms with van der Waals surface area (Å²) in [7, 11) is 0. The molecule has 4 fully saturated rings. The molecule has 1 aliphatic heterocycles. The van der Waals surface area contributed by atoms with Crippen molar-refractivity contribution in [3.05, 3.63) is 53.6 Å². The van der Waals surface area contributed by atoms with Crippen LogP contribution in [0, 0.1) is 23.2 Å². The lowest BCUT2D eigenvalue weighted by atomic mass is 9.49. The largest absolute Gasteiger partial charge is 0.486 e. The molecule has 0 unspecified atom stereocenters. The molecular weight excluding hydrogens is 390 g/mol. The van der Waals surface area contributed by atoms with E-state index >= 15 is 0 Å². The monoisotopic (exact) mass is 419 g/mol. The van der Waals surface area contributed by atoms with Gasteiger partial charge >= 0.3 is 0 Å². The smallest absolute Gasteiger partial charge is 0.230 e. The number of ether oxygens (including phenoxy) is 2. The van der Waals surface area contributed by atoms with Crippen LogP contribution in [0.4, 0.5) is 5.69 Å². The first-order valence-corrected chi connectivity index (χ1v) is 11.6. The number of rotatable bonds is 4. The molecule has 5 aliphatic rings. The van der Waals surface area contributed by atoms with Crippen molar-refractivity contribution in [1.29, 1.82) is 0 Å². The lowest BCUT2D eigenvalue weighted by Crippen LogP contribution is -2.51. The summed E-state index contributed by atoms with van der Waals surface area (Å²) in [5.41, 5.74) is 1.80. The van der Waals surface area contributed by atoms with E-state index in [0.717, 1.165) is 24.8 Å². The molecule has 7 rings (SSSR count). The molecule has 31 heavy (non-hydrogen) atoms. The summed E-state index contributed by atoms with van der Waals surface area (Å²) in [5.74, 6) is 3.45. The minimum absolute atomic E-state index is 0.116. The summed E-state index contributed by atoms with van der Waals surface area (Å²) in [5, 5.41) is 14.4. The molecule has 162 valence electrons. The number of carbonyl (C=O) groups is 1. The van der Waals surface area contributed by atoms with Gasteiger partial charge in [-0.2, -0.15) is 0 Å². The first-order valence-electron chi connectivity index (χ1n) is 11.6. The van der Waals surface area contributed by atoms with Gasteiger partial charge in [0.25, 0.3) is 0 Å². The second-order valence-electron chi connectivity index (χ2n) is 10.0. The summed E-state index contributed by atoms with van der Waals surface area (Å²) >= 11 is 0. The Morgan fingerprint density at radius 3 is 2.13 bits per heavy atom. The Morgan fingerprint density at radius 2 is 1.52 bits per heavy atom. The SMILES string of the molecule is O=C(Nc1cc2c(cc1[C@H](O)c1ccccc1)OCCO2)C12CC3CC(CC(C3)C1)C2. The Labute approximate surface area is 182 Å². The third-order valence-electron chi connectivity index (χ3n) is 7.89. The normalized spacial score (nSPS) is 31.3. The molecule has 1 amide bonds. The van der Waals surface area contributed by atoms with Gasteiger partial charge in [-0.15, -0.1) is 0 Å². The van der Waals surface area contributed by atoms with Crippen LogP contribution in [0.25, 0.3) is 0 Å². The molecule has 4 saturated carbocycles. The van der Waals surface area contributed by atoms with Crippen LogP contribution in [0.1, 0.15) is 55.8 Å². The van der Waals surface area contributed by atoms with Crippen molar-refractivity contribution in [2.75, 3.05) is 18.5 Å². The Kier molecular flexibility index (Phi) is 4.49. The number of nitrogens with one attached hydrogen (secondary N) is 1. The fraction of sp³-hybridized carbons (Fsp3) is 0.500. The fourth-order valence-corrected chi connectivity index (χ4v) is 6.90. The molecule has 2 aromatic rings. The number of amides is 1. The highest BCUT2D eigenvalue weighted by atomic mass is 16.6. The lowest BCUT2D eigenvalue weighted by Gasteiger charge is -2.55. The first kappa shape index (κ1) is 19.2. The summed E-state index contributed by atoms with van der Waals surface area (Å²) in [6.45, 7) is 0.961. The van der Waals surface area contributed by atoms with Crippen LogP contribution < -0.4 is 14.8 Å². The Hall–Kier alpha value is -2.53. The predicted molar refractivity (Wildman–Crippen MR) is 117 cm³/mol. The number of fused-ring (bicyclic) bond motifs is 1. The minimum Gasteiger partial charge on any atom is -0.486 e. The molecule has 1 heterocycles. The second-order valence-corrected chi connectivity index (χ2v) is 10.0. The third kappa shape index (κ3) is 3.30. The average molecular weight is 420 g/mol. The molecule has 0 spiro atoms. The van der Waals surface area contributed by atoms with Crippen LogP contribution >= 0.6 is 0 Å². The molecular formula is C26H29NO4. The number of anilines is 1. The molecule has 0 aromatic heterocycles. The van der Waals surface area contributed by atoms with Gasteiger partial charge in [0, 0.05) is 11.6 Å². The van der Waals surface area contributed by atoms with Gasteiger partial charge in [-0.1, -0.05) is 30.3 Å². The molecule has 4 aliphatic carbocycles. The van der Waals surface area contributed by atoms with E-state index in [1.54, 1.807) is 0 Å². The van der Waals surface area contributed by atoms with Crippen molar-refractivity contribution in [3.63, 3.8) is 0 Å². The Morgan fingerprint density at radius 1 is 0.935 bits per heavy atom. The van der Waals surface area contributed by atoms with E-state index < -0.39 is 6.10 Å². The second kappa shape index (κ2) is 7.27. The van der Waals surface area contributed by atoms with Crippen LogP contribution in [-0.2, 0) is 4.79 Å². The summed E-state index contributed by atoms with van der Waals surface area (Å²) in [4.78, 5) is 13.7. The lowest BCUT2D eigenvalue weighted by molar-refractivity contribution is -0.140. The highest BCUT2D eigenvalue weighted by molar-refractivity contribution is 5.97. The zero-order chi connectivity index (χ0) is 21.0. The van der Waals surface area contributed by atoms with Gasteiger partial charge in [-0.25, -0.2) is 0 Å². The molecule has 1 atom stereocenters. The number of aliphatic hydroxyl groups excluding tert-OH is 1. The molecule has 4 bridgehead atoms. The van der Waals surface area contributed by atoms with E-state index in [4.69, 9.17) is 9.47 Å². The number of hydrogen-bond donors (Lipinski definition) is 2. The highest BCUT2D eigenvalue weighted by Crippen LogP contribution is 2.60. The maximum Gasteiger partial charge on any atom is 0.230 e. The van der Waals surface area contributed by atoms with E-state index in [1.807, 2.05) is 42.5 Å². The molecule has 5 heteroatoms. The van der Waals surface area contributed by atoms with E-state index in [1.165, 1.54) is 19.3 Å². The third-order valence-corrected chi connectivity index (χ3v) is 7.89. The molecule has 2 N–H and O–H groups in total. The zero-order valence-corrected chi connectivity index (χ0v) is 17.7. The quantitative estimate of drug-likeness (QED) is 0.754. The minimum atomic E-state index is -0.858. The summed E-state index contributed by atoms with van der Waals surface area (Å²) in [6.07, 6.45) is 6.06. The molecule has 0 radical (unpaired) electrons. The van der Waals surface area contributed by atoms with Crippen LogP contribution in [0.5, 0.6) is 11.5 Å². The van der Waals surface area contributed by atoms with E-state index in [-0.39, 0.29) is 11.3 Å².